The Morgan fingerprint density at radius 3 is 2.55 bits per heavy atom. The molecule has 1 heterocycles. The van der Waals surface area contributed by atoms with E-state index in [4.69, 9.17) is 9.72 Å². The summed E-state index contributed by atoms with van der Waals surface area (Å²) in [7, 11) is 0. The maximum atomic E-state index is 12.6. The number of para-hydroxylation sites is 3. The molecular weight excluding hydrogens is 410 g/mol. The average molecular weight is 442 g/mol. The zero-order valence-corrected chi connectivity index (χ0v) is 19.5. The molecular formula is C28H31N3O2. The number of aromatic nitrogens is 2. The predicted octanol–water partition coefficient (Wildman–Crippen LogP) is 5.52. The van der Waals surface area contributed by atoms with E-state index in [1.54, 1.807) is 0 Å². The summed E-state index contributed by atoms with van der Waals surface area (Å²) < 4.78 is 8.37. The molecule has 1 amide bonds. The van der Waals surface area contributed by atoms with Crippen LogP contribution in [0.2, 0.25) is 0 Å². The molecule has 4 aromatic rings. The van der Waals surface area contributed by atoms with Gasteiger partial charge in [0.25, 0.3) is 5.91 Å². The molecule has 0 saturated heterocycles. The van der Waals surface area contributed by atoms with Crippen molar-refractivity contribution in [3.05, 3.63) is 95.3 Å². The van der Waals surface area contributed by atoms with Crippen molar-refractivity contribution in [3.63, 3.8) is 0 Å². The van der Waals surface area contributed by atoms with E-state index < -0.39 is 0 Å². The van der Waals surface area contributed by atoms with Crippen LogP contribution >= 0.6 is 0 Å². The maximum absolute atomic E-state index is 12.6. The molecule has 5 nitrogen and oxygen atoms in total. The number of imidazole rings is 1. The Kier molecular flexibility index (Phi) is 7.08. The molecule has 0 spiro atoms. The SMILES string of the molecule is Cc1ccccc1C(=O)NCCc1nc2ccccc2n1CCOc1ccccc1C(C)C. The second-order valence-electron chi connectivity index (χ2n) is 8.53. The van der Waals surface area contributed by atoms with Crippen molar-refractivity contribution in [2.24, 2.45) is 0 Å². The molecule has 1 N–H and O–H groups in total. The molecule has 0 atom stereocenters. The van der Waals surface area contributed by atoms with Crippen molar-refractivity contribution < 1.29 is 9.53 Å². The summed E-state index contributed by atoms with van der Waals surface area (Å²) >= 11 is 0. The molecule has 1 aromatic heterocycles. The maximum Gasteiger partial charge on any atom is 0.251 e. The van der Waals surface area contributed by atoms with Crippen molar-refractivity contribution in [3.8, 4) is 5.75 Å². The highest BCUT2D eigenvalue weighted by Gasteiger charge is 2.13. The third-order valence-corrected chi connectivity index (χ3v) is 5.87. The summed E-state index contributed by atoms with van der Waals surface area (Å²) in [6.07, 6.45) is 0.648. The molecule has 3 aromatic carbocycles. The van der Waals surface area contributed by atoms with Gasteiger partial charge in [-0.3, -0.25) is 4.79 Å². The molecule has 0 aliphatic rings. The summed E-state index contributed by atoms with van der Waals surface area (Å²) in [6.45, 7) is 8.06. The molecule has 0 radical (unpaired) electrons. The number of aryl methyl sites for hydroxylation is 1. The Morgan fingerprint density at radius 1 is 1.00 bits per heavy atom. The Balaban J connectivity index is 1.45. The fourth-order valence-electron chi connectivity index (χ4n) is 4.11. The molecule has 5 heteroatoms. The van der Waals surface area contributed by atoms with Crippen molar-refractivity contribution in [1.82, 2.24) is 14.9 Å². The lowest BCUT2D eigenvalue weighted by Crippen LogP contribution is -2.27. The van der Waals surface area contributed by atoms with Gasteiger partial charge in [-0.15, -0.1) is 0 Å². The van der Waals surface area contributed by atoms with E-state index in [1.165, 1.54) is 5.56 Å². The molecule has 4 rings (SSSR count). The van der Waals surface area contributed by atoms with Gasteiger partial charge in [0.15, 0.2) is 0 Å². The number of nitrogens with zero attached hydrogens (tertiary/aromatic N) is 2. The summed E-state index contributed by atoms with van der Waals surface area (Å²) in [4.78, 5) is 17.4. The topological polar surface area (TPSA) is 56.2 Å². The molecule has 0 unspecified atom stereocenters. The quantitative estimate of drug-likeness (QED) is 0.372. The van der Waals surface area contributed by atoms with Crippen LogP contribution in [0.25, 0.3) is 11.0 Å². The first-order valence-corrected chi connectivity index (χ1v) is 11.5. The first kappa shape index (κ1) is 22.6. The van der Waals surface area contributed by atoms with Gasteiger partial charge in [0.05, 0.1) is 17.6 Å². The van der Waals surface area contributed by atoms with Crippen LogP contribution in [0.15, 0.2) is 72.8 Å². The van der Waals surface area contributed by atoms with Gasteiger partial charge in [0.1, 0.15) is 18.2 Å². The van der Waals surface area contributed by atoms with Crippen LogP contribution in [-0.2, 0) is 13.0 Å². The van der Waals surface area contributed by atoms with Gasteiger partial charge in [-0.1, -0.05) is 62.4 Å². The smallest absolute Gasteiger partial charge is 0.251 e. The Hall–Kier alpha value is -3.60. The standard InChI is InChI=1S/C28H31N3O2/c1-20(2)22-11-6-9-15-26(22)33-19-18-31-25-14-8-7-13-24(25)30-27(31)16-17-29-28(32)23-12-5-4-10-21(23)3/h4-15,20H,16-19H2,1-3H3,(H,29,32). The minimum atomic E-state index is -0.0515. The van der Waals surface area contributed by atoms with E-state index in [9.17, 15) is 4.79 Å². The van der Waals surface area contributed by atoms with Crippen LogP contribution < -0.4 is 10.1 Å². The predicted molar refractivity (Wildman–Crippen MR) is 133 cm³/mol. The third kappa shape index (κ3) is 5.25. The van der Waals surface area contributed by atoms with Gasteiger partial charge < -0.3 is 14.6 Å². The van der Waals surface area contributed by atoms with Crippen LogP contribution in [0, 0.1) is 6.92 Å². The largest absolute Gasteiger partial charge is 0.491 e. The van der Waals surface area contributed by atoms with Crippen LogP contribution in [0.4, 0.5) is 0 Å². The number of rotatable bonds is 9. The van der Waals surface area contributed by atoms with Crippen molar-refractivity contribution in [1.29, 1.82) is 0 Å². The minimum absolute atomic E-state index is 0.0515. The van der Waals surface area contributed by atoms with E-state index in [2.05, 4.69) is 41.9 Å². The van der Waals surface area contributed by atoms with Crippen molar-refractivity contribution in [2.45, 2.75) is 39.7 Å². The molecule has 33 heavy (non-hydrogen) atoms. The van der Waals surface area contributed by atoms with Crippen LogP contribution in [0.1, 0.15) is 47.1 Å². The van der Waals surface area contributed by atoms with Gasteiger partial charge in [0, 0.05) is 18.5 Å². The summed E-state index contributed by atoms with van der Waals surface area (Å²) in [5.74, 6) is 2.23. The average Bonchev–Trinajstić information content (AvgIpc) is 3.17. The second-order valence-corrected chi connectivity index (χ2v) is 8.53. The molecule has 0 bridgehead atoms. The first-order valence-electron chi connectivity index (χ1n) is 11.5. The van der Waals surface area contributed by atoms with E-state index in [-0.39, 0.29) is 5.91 Å². The Bertz CT molecular complexity index is 1240. The number of hydrogen-bond donors (Lipinski definition) is 1. The Labute approximate surface area is 195 Å². The fraction of sp³-hybridized carbons (Fsp3) is 0.286. The Morgan fingerprint density at radius 2 is 1.73 bits per heavy atom. The number of ether oxygens (including phenoxy) is 1. The van der Waals surface area contributed by atoms with Crippen LogP contribution in [0.5, 0.6) is 5.75 Å². The summed E-state index contributed by atoms with van der Waals surface area (Å²) in [6, 6.07) is 24.0. The van der Waals surface area contributed by atoms with Gasteiger partial charge in [-0.25, -0.2) is 4.98 Å². The zero-order chi connectivity index (χ0) is 23.2. The number of carbonyl (C=O) groups is 1. The number of carbonyl (C=O) groups excluding carboxylic acids is 1. The number of nitrogens with one attached hydrogen (secondary N) is 1. The highest BCUT2D eigenvalue weighted by Crippen LogP contribution is 2.26. The van der Waals surface area contributed by atoms with Gasteiger partial charge >= 0.3 is 0 Å². The molecule has 0 aliphatic heterocycles. The van der Waals surface area contributed by atoms with Crippen molar-refractivity contribution >= 4 is 16.9 Å². The van der Waals surface area contributed by atoms with Gasteiger partial charge in [-0.2, -0.15) is 0 Å². The fourth-order valence-corrected chi connectivity index (χ4v) is 4.11. The number of hydrogen-bond acceptors (Lipinski definition) is 3. The molecule has 0 aliphatic carbocycles. The summed E-state index contributed by atoms with van der Waals surface area (Å²) in [5.41, 5.74) is 4.94. The van der Waals surface area contributed by atoms with E-state index in [1.807, 2.05) is 61.5 Å². The van der Waals surface area contributed by atoms with Gasteiger partial charge in [-0.05, 0) is 48.2 Å². The van der Waals surface area contributed by atoms with E-state index in [0.717, 1.165) is 28.2 Å². The van der Waals surface area contributed by atoms with E-state index in [0.29, 0.717) is 37.6 Å². The normalized spacial score (nSPS) is 11.2. The number of amides is 1. The first-order chi connectivity index (χ1) is 16.0. The third-order valence-electron chi connectivity index (χ3n) is 5.87. The second kappa shape index (κ2) is 10.3. The molecule has 0 fully saturated rings. The zero-order valence-electron chi connectivity index (χ0n) is 19.5. The number of fused-ring (bicyclic) bond motifs is 1. The van der Waals surface area contributed by atoms with Gasteiger partial charge in [0.2, 0.25) is 0 Å². The summed E-state index contributed by atoms with van der Waals surface area (Å²) in [5, 5.41) is 3.04. The lowest BCUT2D eigenvalue weighted by Gasteiger charge is -2.15. The monoisotopic (exact) mass is 441 g/mol. The highest BCUT2D eigenvalue weighted by atomic mass is 16.5. The van der Waals surface area contributed by atoms with Crippen molar-refractivity contribution in [2.75, 3.05) is 13.2 Å². The molecule has 0 saturated carbocycles. The lowest BCUT2D eigenvalue weighted by molar-refractivity contribution is 0.0953. The number of benzene rings is 3. The lowest BCUT2D eigenvalue weighted by atomic mass is 10.0. The van der Waals surface area contributed by atoms with Crippen LogP contribution in [0.3, 0.4) is 0 Å². The van der Waals surface area contributed by atoms with Crippen LogP contribution in [-0.4, -0.2) is 28.6 Å². The van der Waals surface area contributed by atoms with E-state index >= 15 is 0 Å². The highest BCUT2D eigenvalue weighted by molar-refractivity contribution is 5.95. The minimum Gasteiger partial charge on any atom is -0.491 e. The molecule has 170 valence electrons.